The molecule has 3 nitrogen and oxygen atoms in total. The third-order valence-electron chi connectivity index (χ3n) is 2.44. The molecular formula is C10H14BrNO2S. The zero-order valence-corrected chi connectivity index (χ0v) is 11.0. The summed E-state index contributed by atoms with van der Waals surface area (Å²) >= 11 is 3.31. The van der Waals surface area contributed by atoms with E-state index in [9.17, 15) is 8.42 Å². The fourth-order valence-corrected chi connectivity index (χ4v) is 2.18. The standard InChI is InChI=1S/C10H14BrNO2S/c1-7(15(2,13)14)10(12)8-3-5-9(11)6-4-8/h3-7,10H,12H2,1-2H3/t7-,10-/m0/s1. The van der Waals surface area contributed by atoms with Crippen molar-refractivity contribution in [1.82, 2.24) is 0 Å². The second kappa shape index (κ2) is 4.63. The topological polar surface area (TPSA) is 60.2 Å². The highest BCUT2D eigenvalue weighted by Crippen LogP contribution is 2.21. The predicted octanol–water partition coefficient (Wildman–Crippen LogP) is 1.88. The number of rotatable bonds is 3. The molecule has 0 aliphatic rings. The number of halogens is 1. The molecule has 0 bridgehead atoms. The summed E-state index contributed by atoms with van der Waals surface area (Å²) in [6.07, 6.45) is 1.20. The van der Waals surface area contributed by atoms with Crippen molar-refractivity contribution in [3.05, 3.63) is 34.3 Å². The number of hydrogen-bond acceptors (Lipinski definition) is 3. The van der Waals surface area contributed by atoms with Gasteiger partial charge in [0, 0.05) is 16.8 Å². The molecule has 0 aliphatic heterocycles. The van der Waals surface area contributed by atoms with Gasteiger partial charge in [0.15, 0.2) is 9.84 Å². The summed E-state index contributed by atoms with van der Waals surface area (Å²) in [6, 6.07) is 6.88. The van der Waals surface area contributed by atoms with Gasteiger partial charge in [-0.05, 0) is 24.6 Å². The maximum absolute atomic E-state index is 11.3. The van der Waals surface area contributed by atoms with Crippen LogP contribution in [0.4, 0.5) is 0 Å². The lowest BCUT2D eigenvalue weighted by Gasteiger charge is -2.18. The Balaban J connectivity index is 2.95. The number of benzene rings is 1. The predicted molar refractivity (Wildman–Crippen MR) is 65.4 cm³/mol. The molecule has 0 spiro atoms. The van der Waals surface area contributed by atoms with E-state index in [0.29, 0.717) is 0 Å². The van der Waals surface area contributed by atoms with E-state index < -0.39 is 21.1 Å². The Hall–Kier alpha value is -0.390. The number of hydrogen-bond donors (Lipinski definition) is 1. The van der Waals surface area contributed by atoms with E-state index in [1.807, 2.05) is 24.3 Å². The molecule has 5 heteroatoms. The van der Waals surface area contributed by atoms with Crippen LogP contribution in [0.1, 0.15) is 18.5 Å². The fourth-order valence-electron chi connectivity index (χ4n) is 1.22. The minimum atomic E-state index is -3.10. The van der Waals surface area contributed by atoms with Gasteiger partial charge in [0.05, 0.1) is 5.25 Å². The zero-order valence-electron chi connectivity index (χ0n) is 8.64. The van der Waals surface area contributed by atoms with Crippen LogP contribution in [0.2, 0.25) is 0 Å². The highest BCUT2D eigenvalue weighted by Gasteiger charge is 2.23. The molecule has 2 atom stereocenters. The Bertz CT molecular complexity index is 427. The molecule has 0 aliphatic carbocycles. The lowest BCUT2D eigenvalue weighted by atomic mass is 10.1. The van der Waals surface area contributed by atoms with E-state index >= 15 is 0 Å². The van der Waals surface area contributed by atoms with Crippen LogP contribution in [0.15, 0.2) is 28.7 Å². The van der Waals surface area contributed by atoms with Crippen molar-refractivity contribution >= 4 is 25.8 Å². The number of nitrogens with two attached hydrogens (primary N) is 1. The molecule has 0 saturated heterocycles. The van der Waals surface area contributed by atoms with Crippen molar-refractivity contribution in [2.45, 2.75) is 18.2 Å². The van der Waals surface area contributed by atoms with Gasteiger partial charge in [0.2, 0.25) is 0 Å². The van der Waals surface area contributed by atoms with Gasteiger partial charge in [-0.15, -0.1) is 0 Å². The van der Waals surface area contributed by atoms with E-state index in [4.69, 9.17) is 5.73 Å². The van der Waals surface area contributed by atoms with Gasteiger partial charge in [-0.3, -0.25) is 0 Å². The first-order chi connectivity index (χ1) is 6.82. The summed E-state index contributed by atoms with van der Waals surface area (Å²) in [4.78, 5) is 0. The van der Waals surface area contributed by atoms with Crippen molar-refractivity contribution in [3.8, 4) is 0 Å². The lowest BCUT2D eigenvalue weighted by Crippen LogP contribution is -2.30. The van der Waals surface area contributed by atoms with Gasteiger partial charge >= 0.3 is 0 Å². The van der Waals surface area contributed by atoms with Crippen LogP contribution < -0.4 is 5.73 Å². The Morgan fingerprint density at radius 3 is 2.13 bits per heavy atom. The third kappa shape index (κ3) is 3.29. The van der Waals surface area contributed by atoms with Crippen molar-refractivity contribution in [1.29, 1.82) is 0 Å². The summed E-state index contributed by atoms with van der Waals surface area (Å²) in [6.45, 7) is 1.63. The van der Waals surface area contributed by atoms with E-state index in [2.05, 4.69) is 15.9 Å². The monoisotopic (exact) mass is 291 g/mol. The van der Waals surface area contributed by atoms with Gasteiger partial charge in [0.25, 0.3) is 0 Å². The smallest absolute Gasteiger partial charge is 0.151 e. The zero-order chi connectivity index (χ0) is 11.6. The molecular weight excluding hydrogens is 278 g/mol. The second-order valence-corrected chi connectivity index (χ2v) is 6.93. The maximum atomic E-state index is 11.3. The van der Waals surface area contributed by atoms with Crippen molar-refractivity contribution in [3.63, 3.8) is 0 Å². The highest BCUT2D eigenvalue weighted by molar-refractivity contribution is 9.10. The molecule has 1 rings (SSSR count). The van der Waals surface area contributed by atoms with E-state index in [1.165, 1.54) is 6.26 Å². The van der Waals surface area contributed by atoms with Crippen LogP contribution >= 0.6 is 15.9 Å². The molecule has 0 saturated carbocycles. The molecule has 0 aromatic heterocycles. The Morgan fingerprint density at radius 2 is 1.73 bits per heavy atom. The molecule has 84 valence electrons. The quantitative estimate of drug-likeness (QED) is 0.925. The molecule has 1 aromatic carbocycles. The van der Waals surface area contributed by atoms with Crippen molar-refractivity contribution < 1.29 is 8.42 Å². The molecule has 0 fully saturated rings. The summed E-state index contributed by atoms with van der Waals surface area (Å²) in [5.74, 6) is 0. The van der Waals surface area contributed by atoms with Gasteiger partial charge < -0.3 is 5.73 Å². The maximum Gasteiger partial charge on any atom is 0.151 e. The van der Waals surface area contributed by atoms with Crippen LogP contribution in [-0.4, -0.2) is 19.9 Å². The lowest BCUT2D eigenvalue weighted by molar-refractivity contribution is 0.571. The largest absolute Gasteiger partial charge is 0.323 e. The first-order valence-corrected chi connectivity index (χ1v) is 7.27. The van der Waals surface area contributed by atoms with Crippen molar-refractivity contribution in [2.24, 2.45) is 5.73 Å². The van der Waals surface area contributed by atoms with Crippen LogP contribution in [-0.2, 0) is 9.84 Å². The number of sulfone groups is 1. The van der Waals surface area contributed by atoms with Crippen LogP contribution in [0.5, 0.6) is 0 Å². The van der Waals surface area contributed by atoms with Crippen molar-refractivity contribution in [2.75, 3.05) is 6.26 Å². The molecule has 0 amide bonds. The average Bonchev–Trinajstić information content (AvgIpc) is 2.15. The van der Waals surface area contributed by atoms with Crippen LogP contribution in [0.25, 0.3) is 0 Å². The van der Waals surface area contributed by atoms with Gasteiger partial charge in [0.1, 0.15) is 0 Å². The summed E-state index contributed by atoms with van der Waals surface area (Å²) in [5.41, 5.74) is 6.71. The minimum Gasteiger partial charge on any atom is -0.323 e. The molecule has 0 heterocycles. The Morgan fingerprint density at radius 1 is 1.27 bits per heavy atom. The third-order valence-corrected chi connectivity index (χ3v) is 4.61. The van der Waals surface area contributed by atoms with E-state index in [0.717, 1.165) is 10.0 Å². The van der Waals surface area contributed by atoms with Gasteiger partial charge in [-0.2, -0.15) is 0 Å². The normalized spacial score (nSPS) is 16.0. The first-order valence-electron chi connectivity index (χ1n) is 4.52. The SMILES string of the molecule is C[C@@H]([C@H](N)c1ccc(Br)cc1)S(C)(=O)=O. The summed E-state index contributed by atoms with van der Waals surface area (Å²) in [7, 11) is -3.10. The minimum absolute atomic E-state index is 0.479. The van der Waals surface area contributed by atoms with E-state index in [1.54, 1.807) is 6.92 Å². The summed E-state index contributed by atoms with van der Waals surface area (Å²) in [5, 5.41) is -0.571. The Kier molecular flexibility index (Phi) is 3.92. The van der Waals surface area contributed by atoms with Gasteiger partial charge in [-0.25, -0.2) is 8.42 Å². The molecule has 0 unspecified atom stereocenters. The van der Waals surface area contributed by atoms with Gasteiger partial charge in [-0.1, -0.05) is 28.1 Å². The molecule has 0 radical (unpaired) electrons. The summed E-state index contributed by atoms with van der Waals surface area (Å²) < 4.78 is 23.6. The molecule has 15 heavy (non-hydrogen) atoms. The Labute approximate surface area is 98.7 Å². The molecule has 2 N–H and O–H groups in total. The second-order valence-electron chi connectivity index (χ2n) is 3.61. The highest BCUT2D eigenvalue weighted by atomic mass is 79.9. The first kappa shape index (κ1) is 12.7. The van der Waals surface area contributed by atoms with Crippen LogP contribution in [0.3, 0.4) is 0 Å². The average molecular weight is 292 g/mol. The molecule has 1 aromatic rings. The fraction of sp³-hybridized carbons (Fsp3) is 0.400. The van der Waals surface area contributed by atoms with E-state index in [-0.39, 0.29) is 0 Å². The van der Waals surface area contributed by atoms with Crippen LogP contribution in [0, 0.1) is 0 Å².